The molecule has 1 unspecified atom stereocenters. The fourth-order valence-corrected chi connectivity index (χ4v) is 3.83. The van der Waals surface area contributed by atoms with Crippen LogP contribution in [0, 0.1) is 16.7 Å². The molecule has 0 radical (unpaired) electrons. The minimum atomic E-state index is -4.56. The molecule has 10 heteroatoms. The van der Waals surface area contributed by atoms with E-state index in [9.17, 15) is 28.0 Å². The SMILES string of the molecule is CC1(C)CC2(C=C(C#N)C1=O)CN(C(=O)c1ccncc1OCC(F)(F)F)CCO2. The number of ketones is 1. The van der Waals surface area contributed by atoms with Gasteiger partial charge in [0.2, 0.25) is 0 Å². The molecule has 1 aliphatic heterocycles. The zero-order chi connectivity index (χ0) is 22.2. The molecule has 160 valence electrons. The van der Waals surface area contributed by atoms with Crippen molar-refractivity contribution in [1.82, 2.24) is 9.88 Å². The van der Waals surface area contributed by atoms with Crippen LogP contribution >= 0.6 is 0 Å². The number of halogens is 3. The Morgan fingerprint density at radius 1 is 1.43 bits per heavy atom. The summed E-state index contributed by atoms with van der Waals surface area (Å²) in [7, 11) is 0. The Bertz CT molecular complexity index is 936. The molecule has 0 saturated carbocycles. The highest BCUT2D eigenvalue weighted by molar-refractivity contribution is 6.04. The van der Waals surface area contributed by atoms with E-state index in [0.29, 0.717) is 0 Å². The van der Waals surface area contributed by atoms with E-state index in [1.54, 1.807) is 13.8 Å². The van der Waals surface area contributed by atoms with Crippen LogP contribution in [0.2, 0.25) is 0 Å². The summed E-state index contributed by atoms with van der Waals surface area (Å²) < 4.78 is 48.2. The van der Waals surface area contributed by atoms with Gasteiger partial charge in [0.1, 0.15) is 11.7 Å². The average molecular weight is 423 g/mol. The van der Waals surface area contributed by atoms with Crippen LogP contribution in [0.15, 0.2) is 30.1 Å². The Labute approximate surface area is 171 Å². The van der Waals surface area contributed by atoms with Gasteiger partial charge in [-0.25, -0.2) is 0 Å². The molecule has 0 aromatic carbocycles. The predicted octanol–water partition coefficient (Wildman–Crippen LogP) is 2.68. The smallest absolute Gasteiger partial charge is 0.422 e. The van der Waals surface area contributed by atoms with Gasteiger partial charge in [0.05, 0.1) is 30.5 Å². The van der Waals surface area contributed by atoms with Crippen LogP contribution < -0.4 is 4.74 Å². The molecule has 1 aromatic heterocycles. The lowest BCUT2D eigenvalue weighted by Gasteiger charge is -2.46. The zero-order valence-electron chi connectivity index (χ0n) is 16.5. The average Bonchev–Trinajstić information content (AvgIpc) is 2.68. The molecule has 1 amide bonds. The zero-order valence-corrected chi connectivity index (χ0v) is 16.5. The molecule has 1 fully saturated rings. The molecule has 0 bridgehead atoms. The van der Waals surface area contributed by atoms with Crippen molar-refractivity contribution >= 4 is 11.7 Å². The van der Waals surface area contributed by atoms with Crippen LogP contribution in [0.25, 0.3) is 0 Å². The van der Waals surface area contributed by atoms with Crippen molar-refractivity contribution in [2.24, 2.45) is 5.41 Å². The summed E-state index contributed by atoms with van der Waals surface area (Å²) in [5, 5.41) is 9.33. The van der Waals surface area contributed by atoms with E-state index >= 15 is 0 Å². The number of aromatic nitrogens is 1. The van der Waals surface area contributed by atoms with E-state index in [0.717, 1.165) is 6.20 Å². The van der Waals surface area contributed by atoms with Gasteiger partial charge in [-0.05, 0) is 18.6 Å². The number of rotatable bonds is 3. The maximum Gasteiger partial charge on any atom is 0.422 e. The van der Waals surface area contributed by atoms with Crippen LogP contribution in [0.1, 0.15) is 30.6 Å². The lowest BCUT2D eigenvalue weighted by Crippen LogP contribution is -2.57. The van der Waals surface area contributed by atoms with Crippen molar-refractivity contribution in [2.45, 2.75) is 32.0 Å². The Balaban J connectivity index is 1.87. The molecule has 1 aromatic rings. The largest absolute Gasteiger partial charge is 0.482 e. The topological polar surface area (TPSA) is 92.5 Å². The molecule has 30 heavy (non-hydrogen) atoms. The maximum absolute atomic E-state index is 13.1. The van der Waals surface area contributed by atoms with Gasteiger partial charge in [-0.1, -0.05) is 13.8 Å². The third kappa shape index (κ3) is 4.46. The van der Waals surface area contributed by atoms with Crippen molar-refractivity contribution in [3.05, 3.63) is 35.7 Å². The number of ether oxygens (including phenoxy) is 2. The highest BCUT2D eigenvalue weighted by Crippen LogP contribution is 2.41. The molecular weight excluding hydrogens is 403 g/mol. The van der Waals surface area contributed by atoms with Crippen LogP contribution in [0.4, 0.5) is 13.2 Å². The van der Waals surface area contributed by atoms with Crippen LogP contribution in [0.3, 0.4) is 0 Å². The molecule has 7 nitrogen and oxygen atoms in total. The van der Waals surface area contributed by atoms with E-state index < -0.39 is 29.7 Å². The number of allylic oxidation sites excluding steroid dienone is 1. The van der Waals surface area contributed by atoms with Crippen molar-refractivity contribution in [2.75, 3.05) is 26.3 Å². The van der Waals surface area contributed by atoms with Gasteiger partial charge in [0.25, 0.3) is 5.91 Å². The van der Waals surface area contributed by atoms with Gasteiger partial charge in [-0.3, -0.25) is 14.6 Å². The minimum Gasteiger partial charge on any atom is -0.482 e. The number of morpholine rings is 1. The van der Waals surface area contributed by atoms with Crippen molar-refractivity contribution < 1.29 is 32.2 Å². The first kappa shape index (κ1) is 21.8. The number of amides is 1. The van der Waals surface area contributed by atoms with E-state index in [-0.39, 0.29) is 48.8 Å². The lowest BCUT2D eigenvalue weighted by atomic mass is 9.69. The summed E-state index contributed by atoms with van der Waals surface area (Å²) in [6.45, 7) is 2.26. The highest BCUT2D eigenvalue weighted by Gasteiger charge is 2.48. The number of nitrogens with zero attached hydrogens (tertiary/aromatic N) is 3. The molecule has 1 spiro atoms. The molecule has 0 N–H and O–H groups in total. The number of nitriles is 1. The maximum atomic E-state index is 13.1. The number of carbonyl (C=O) groups is 2. The first-order valence-electron chi connectivity index (χ1n) is 9.21. The summed E-state index contributed by atoms with van der Waals surface area (Å²) in [5.74, 6) is -1.11. The molecule has 2 aliphatic rings. The molecule has 1 aliphatic carbocycles. The summed E-state index contributed by atoms with van der Waals surface area (Å²) in [6.07, 6.45) is -0.488. The van der Waals surface area contributed by atoms with E-state index in [1.165, 1.54) is 23.2 Å². The number of carbonyl (C=O) groups excluding carboxylic acids is 2. The van der Waals surface area contributed by atoms with E-state index in [1.807, 2.05) is 6.07 Å². The van der Waals surface area contributed by atoms with Gasteiger partial charge in [0, 0.05) is 18.2 Å². The van der Waals surface area contributed by atoms with Gasteiger partial charge in [-0.2, -0.15) is 18.4 Å². The number of alkyl halides is 3. The highest BCUT2D eigenvalue weighted by atomic mass is 19.4. The van der Waals surface area contributed by atoms with Crippen molar-refractivity contribution in [3.63, 3.8) is 0 Å². The fourth-order valence-electron chi connectivity index (χ4n) is 3.83. The second-order valence-electron chi connectivity index (χ2n) is 7.98. The number of hydrogen-bond acceptors (Lipinski definition) is 6. The third-order valence-corrected chi connectivity index (χ3v) is 5.03. The van der Waals surface area contributed by atoms with Crippen molar-refractivity contribution in [3.8, 4) is 11.8 Å². The van der Waals surface area contributed by atoms with Gasteiger partial charge in [-0.15, -0.1) is 0 Å². The summed E-state index contributed by atoms with van der Waals surface area (Å²) in [4.78, 5) is 30.6. The number of Topliss-reactive ketones (excluding diaryl/α,β-unsaturated/α-hetero) is 1. The first-order valence-corrected chi connectivity index (χ1v) is 9.21. The Kier molecular flexibility index (Phi) is 5.60. The second kappa shape index (κ2) is 7.72. The predicted molar refractivity (Wildman–Crippen MR) is 97.5 cm³/mol. The Hall–Kier alpha value is -2.93. The quantitative estimate of drug-likeness (QED) is 0.742. The standard InChI is InChI=1S/C20H20F3N3O4/c1-18(2)10-19(7-13(8-24)16(18)27)11-26(5-6-30-19)17(28)14-3-4-25-9-15(14)29-12-20(21,22)23/h3-4,7,9H,5-6,10-12H2,1-2H3. The van der Waals surface area contributed by atoms with Gasteiger partial charge >= 0.3 is 6.18 Å². The second-order valence-corrected chi connectivity index (χ2v) is 7.98. The number of hydrogen-bond donors (Lipinski definition) is 0. The van der Waals surface area contributed by atoms with E-state index in [2.05, 4.69) is 4.98 Å². The Morgan fingerprint density at radius 3 is 2.83 bits per heavy atom. The minimum absolute atomic E-state index is 0.0290. The summed E-state index contributed by atoms with van der Waals surface area (Å²) >= 11 is 0. The first-order chi connectivity index (χ1) is 14.0. The van der Waals surface area contributed by atoms with Crippen molar-refractivity contribution in [1.29, 1.82) is 5.26 Å². The van der Waals surface area contributed by atoms with E-state index in [4.69, 9.17) is 9.47 Å². The van der Waals surface area contributed by atoms with Gasteiger partial charge in [0.15, 0.2) is 18.1 Å². The molecule has 1 saturated heterocycles. The van der Waals surface area contributed by atoms with Crippen LogP contribution in [0.5, 0.6) is 5.75 Å². The normalized spacial score (nSPS) is 23.7. The number of pyridine rings is 1. The third-order valence-electron chi connectivity index (χ3n) is 5.03. The summed E-state index contributed by atoms with van der Waals surface area (Å²) in [5.41, 5.74) is -1.97. The monoisotopic (exact) mass is 423 g/mol. The lowest BCUT2D eigenvalue weighted by molar-refractivity contribution is -0.153. The Morgan fingerprint density at radius 2 is 2.17 bits per heavy atom. The molecule has 3 rings (SSSR count). The fraction of sp³-hybridized carbons (Fsp3) is 0.500. The molecule has 2 heterocycles. The summed E-state index contributed by atoms with van der Waals surface area (Å²) in [6, 6.07) is 3.18. The van der Waals surface area contributed by atoms with Crippen LogP contribution in [-0.2, 0) is 9.53 Å². The van der Waals surface area contributed by atoms with Gasteiger partial charge < -0.3 is 14.4 Å². The molecule has 1 atom stereocenters. The van der Waals surface area contributed by atoms with Crippen LogP contribution in [-0.4, -0.2) is 59.7 Å². The molecular formula is C20H20F3N3O4.